The molecule has 0 saturated carbocycles. The lowest BCUT2D eigenvalue weighted by Gasteiger charge is -2.33. The van der Waals surface area contributed by atoms with Gasteiger partial charge in [0.25, 0.3) is 5.91 Å². The molecule has 27 heavy (non-hydrogen) atoms. The number of carbonyl (C=O) groups excluding carboxylic acids is 1. The van der Waals surface area contributed by atoms with Crippen molar-refractivity contribution in [2.24, 2.45) is 0 Å². The number of halogens is 1. The number of hydrogen-bond acceptors (Lipinski definition) is 5. The SMILES string of the molecule is Cc1ncoc1C(=O)N1CCc2[nH]cnc2[C@@H]1c1cc2cc(F)ccc2o1. The summed E-state index contributed by atoms with van der Waals surface area (Å²) in [5.74, 6) is 0.0924. The van der Waals surface area contributed by atoms with E-state index in [1.54, 1.807) is 30.3 Å². The molecule has 1 aromatic carbocycles. The topological polar surface area (TPSA) is 88.2 Å². The highest BCUT2D eigenvalue weighted by atomic mass is 19.1. The van der Waals surface area contributed by atoms with Gasteiger partial charge in [-0.3, -0.25) is 4.79 Å². The van der Waals surface area contributed by atoms with Crippen LogP contribution in [0.3, 0.4) is 0 Å². The van der Waals surface area contributed by atoms with E-state index in [4.69, 9.17) is 8.83 Å². The van der Waals surface area contributed by atoms with Crippen LogP contribution >= 0.6 is 0 Å². The zero-order chi connectivity index (χ0) is 18.5. The average Bonchev–Trinajstić information content (AvgIpc) is 3.38. The zero-order valence-corrected chi connectivity index (χ0v) is 14.4. The number of oxazole rings is 1. The van der Waals surface area contributed by atoms with Gasteiger partial charge in [-0.1, -0.05) is 0 Å². The van der Waals surface area contributed by atoms with Gasteiger partial charge in [0.15, 0.2) is 6.39 Å². The van der Waals surface area contributed by atoms with Crippen molar-refractivity contribution in [2.75, 3.05) is 6.54 Å². The minimum Gasteiger partial charge on any atom is -0.458 e. The van der Waals surface area contributed by atoms with Gasteiger partial charge >= 0.3 is 0 Å². The number of fused-ring (bicyclic) bond motifs is 2. The van der Waals surface area contributed by atoms with Crippen LogP contribution in [0, 0.1) is 12.7 Å². The van der Waals surface area contributed by atoms with E-state index in [-0.39, 0.29) is 17.5 Å². The molecule has 136 valence electrons. The molecular formula is C19H15FN4O3. The summed E-state index contributed by atoms with van der Waals surface area (Å²) < 4.78 is 24.8. The van der Waals surface area contributed by atoms with Crippen LogP contribution in [0.15, 0.2) is 45.8 Å². The molecule has 0 spiro atoms. The highest BCUT2D eigenvalue weighted by molar-refractivity contribution is 5.93. The normalized spacial score (nSPS) is 16.7. The van der Waals surface area contributed by atoms with Gasteiger partial charge in [-0.2, -0.15) is 0 Å². The maximum absolute atomic E-state index is 13.6. The van der Waals surface area contributed by atoms with Crippen LogP contribution in [0.5, 0.6) is 0 Å². The first kappa shape index (κ1) is 15.8. The highest BCUT2D eigenvalue weighted by Crippen LogP contribution is 2.37. The number of furan rings is 1. The lowest BCUT2D eigenvalue weighted by molar-refractivity contribution is 0.0639. The Hall–Kier alpha value is -3.42. The van der Waals surface area contributed by atoms with Gasteiger partial charge in [0.2, 0.25) is 5.76 Å². The fourth-order valence-corrected chi connectivity index (χ4v) is 3.59. The molecule has 5 rings (SSSR count). The molecule has 7 nitrogen and oxygen atoms in total. The number of imidazole rings is 1. The number of aryl methyl sites for hydroxylation is 1. The minimum atomic E-state index is -0.535. The van der Waals surface area contributed by atoms with Crippen molar-refractivity contribution < 1.29 is 18.0 Å². The van der Waals surface area contributed by atoms with Crippen molar-refractivity contribution in [3.05, 3.63) is 71.4 Å². The smallest absolute Gasteiger partial charge is 0.292 e. The van der Waals surface area contributed by atoms with Crippen molar-refractivity contribution >= 4 is 16.9 Å². The number of H-pyrrole nitrogens is 1. The van der Waals surface area contributed by atoms with Crippen LogP contribution in [-0.2, 0) is 6.42 Å². The maximum atomic E-state index is 13.6. The third-order valence-corrected chi connectivity index (χ3v) is 4.89. The van der Waals surface area contributed by atoms with Crippen LogP contribution < -0.4 is 0 Å². The van der Waals surface area contributed by atoms with Crippen LogP contribution in [-0.4, -0.2) is 32.3 Å². The predicted molar refractivity (Wildman–Crippen MR) is 92.6 cm³/mol. The number of aromatic amines is 1. The Labute approximate surface area is 152 Å². The van der Waals surface area contributed by atoms with Gasteiger partial charge in [-0.05, 0) is 31.2 Å². The monoisotopic (exact) mass is 366 g/mol. The van der Waals surface area contributed by atoms with Crippen molar-refractivity contribution in [1.29, 1.82) is 0 Å². The Balaban J connectivity index is 1.64. The molecule has 1 N–H and O–H groups in total. The number of hydrogen-bond donors (Lipinski definition) is 1. The Bertz CT molecular complexity index is 1160. The molecule has 0 unspecified atom stereocenters. The van der Waals surface area contributed by atoms with E-state index in [9.17, 15) is 9.18 Å². The van der Waals surface area contributed by atoms with E-state index in [1.165, 1.54) is 18.5 Å². The molecule has 3 aromatic heterocycles. The fourth-order valence-electron chi connectivity index (χ4n) is 3.59. The molecule has 1 aliphatic heterocycles. The van der Waals surface area contributed by atoms with Crippen molar-refractivity contribution in [1.82, 2.24) is 19.9 Å². The molecule has 0 fully saturated rings. The minimum absolute atomic E-state index is 0.196. The predicted octanol–water partition coefficient (Wildman–Crippen LogP) is 3.38. The van der Waals surface area contributed by atoms with Crippen LogP contribution in [0.2, 0.25) is 0 Å². The number of rotatable bonds is 2. The van der Waals surface area contributed by atoms with Crippen molar-refractivity contribution in [3.63, 3.8) is 0 Å². The van der Waals surface area contributed by atoms with E-state index in [0.717, 1.165) is 5.69 Å². The van der Waals surface area contributed by atoms with Gasteiger partial charge in [-0.25, -0.2) is 14.4 Å². The van der Waals surface area contributed by atoms with E-state index in [0.29, 0.717) is 41.1 Å². The summed E-state index contributed by atoms with van der Waals surface area (Å²) in [6.45, 7) is 2.18. The molecule has 0 saturated heterocycles. The number of benzene rings is 1. The van der Waals surface area contributed by atoms with Gasteiger partial charge in [0.05, 0.1) is 17.7 Å². The number of aromatic nitrogens is 3. The summed E-state index contributed by atoms with van der Waals surface area (Å²) in [5, 5.41) is 0.635. The first-order valence-corrected chi connectivity index (χ1v) is 8.54. The summed E-state index contributed by atoms with van der Waals surface area (Å²) in [6.07, 6.45) is 3.50. The Morgan fingerprint density at radius 1 is 1.33 bits per heavy atom. The van der Waals surface area contributed by atoms with Gasteiger partial charge < -0.3 is 18.7 Å². The fraction of sp³-hybridized carbons (Fsp3) is 0.211. The van der Waals surface area contributed by atoms with Gasteiger partial charge in [-0.15, -0.1) is 0 Å². The molecule has 4 heterocycles. The summed E-state index contributed by atoms with van der Waals surface area (Å²) in [6, 6.07) is 5.54. The number of amides is 1. The van der Waals surface area contributed by atoms with E-state index >= 15 is 0 Å². The lowest BCUT2D eigenvalue weighted by atomic mass is 9.99. The maximum Gasteiger partial charge on any atom is 0.292 e. The molecule has 0 bridgehead atoms. The molecule has 1 aliphatic rings. The molecule has 0 aliphatic carbocycles. The molecular weight excluding hydrogens is 351 g/mol. The largest absolute Gasteiger partial charge is 0.458 e. The molecule has 1 atom stereocenters. The Kier molecular flexibility index (Phi) is 3.40. The number of nitrogens with zero attached hydrogens (tertiary/aromatic N) is 3. The quantitative estimate of drug-likeness (QED) is 0.588. The van der Waals surface area contributed by atoms with Crippen LogP contribution in [0.4, 0.5) is 4.39 Å². The first-order valence-electron chi connectivity index (χ1n) is 8.54. The molecule has 1 amide bonds. The first-order chi connectivity index (χ1) is 13.1. The lowest BCUT2D eigenvalue weighted by Crippen LogP contribution is -2.40. The number of carbonyl (C=O) groups is 1. The third-order valence-electron chi connectivity index (χ3n) is 4.89. The summed E-state index contributed by atoms with van der Waals surface area (Å²) in [4.78, 5) is 26.3. The van der Waals surface area contributed by atoms with E-state index < -0.39 is 6.04 Å². The second kappa shape index (κ2) is 5.80. The average molecular weight is 366 g/mol. The second-order valence-corrected chi connectivity index (χ2v) is 6.52. The van der Waals surface area contributed by atoms with Gasteiger partial charge in [0.1, 0.15) is 23.2 Å². The summed E-state index contributed by atoms with van der Waals surface area (Å²) >= 11 is 0. The van der Waals surface area contributed by atoms with Crippen molar-refractivity contribution in [2.45, 2.75) is 19.4 Å². The van der Waals surface area contributed by atoms with Crippen molar-refractivity contribution in [3.8, 4) is 0 Å². The Morgan fingerprint density at radius 3 is 3.04 bits per heavy atom. The van der Waals surface area contributed by atoms with Crippen LogP contribution in [0.1, 0.15) is 39.4 Å². The molecule has 0 radical (unpaired) electrons. The number of nitrogens with one attached hydrogen (secondary N) is 1. The zero-order valence-electron chi connectivity index (χ0n) is 14.4. The van der Waals surface area contributed by atoms with Gasteiger partial charge in [0, 0.05) is 24.0 Å². The molecule has 8 heteroatoms. The summed E-state index contributed by atoms with van der Waals surface area (Å²) in [7, 11) is 0. The van der Waals surface area contributed by atoms with E-state index in [2.05, 4.69) is 15.0 Å². The van der Waals surface area contributed by atoms with E-state index in [1.807, 2.05) is 0 Å². The standard InChI is InChI=1S/C19H15FN4O3/c1-10-18(26-9-23-10)19(25)24-5-4-13-16(22-8-21-13)17(24)15-7-11-6-12(20)2-3-14(11)27-15/h2-3,6-9,17H,4-5H2,1H3,(H,21,22)/t17-/m0/s1. The second-order valence-electron chi connectivity index (χ2n) is 6.52. The third kappa shape index (κ3) is 2.44. The van der Waals surface area contributed by atoms with Crippen LogP contribution in [0.25, 0.3) is 11.0 Å². The highest BCUT2D eigenvalue weighted by Gasteiger charge is 2.38. The summed E-state index contributed by atoms with van der Waals surface area (Å²) in [5.41, 5.74) is 2.74. The Morgan fingerprint density at radius 2 is 2.22 bits per heavy atom. The molecule has 4 aromatic rings.